The van der Waals surface area contributed by atoms with E-state index in [1.807, 2.05) is 36.4 Å². The summed E-state index contributed by atoms with van der Waals surface area (Å²) in [6.45, 7) is 8.28. The van der Waals surface area contributed by atoms with Crippen molar-refractivity contribution >= 4 is 46.7 Å². The van der Waals surface area contributed by atoms with Crippen molar-refractivity contribution < 1.29 is 32.3 Å². The number of halogens is 4. The van der Waals surface area contributed by atoms with E-state index in [1.165, 1.54) is 11.8 Å². The molecule has 0 aliphatic carbocycles. The number of alkyl halides is 3. The Balaban J connectivity index is 1.29. The van der Waals surface area contributed by atoms with Gasteiger partial charge in [0.15, 0.2) is 0 Å². The number of pyridine rings is 1. The van der Waals surface area contributed by atoms with Crippen LogP contribution in [0, 0.1) is 12.8 Å². The molecule has 6 rings (SSSR count). The summed E-state index contributed by atoms with van der Waals surface area (Å²) in [5, 5.41) is 0.392. The first-order chi connectivity index (χ1) is 22.0. The first-order valence-corrected chi connectivity index (χ1v) is 15.6. The largest absolute Gasteiger partial charge is 0.444 e. The summed E-state index contributed by atoms with van der Waals surface area (Å²) in [6.07, 6.45) is -1.51. The Labute approximate surface area is 274 Å². The highest BCUT2D eigenvalue weighted by Gasteiger charge is 2.49. The van der Waals surface area contributed by atoms with Crippen LogP contribution in [-0.2, 0) is 27.0 Å². The van der Waals surface area contributed by atoms with Gasteiger partial charge < -0.3 is 24.0 Å². The van der Waals surface area contributed by atoms with Crippen molar-refractivity contribution in [2.24, 2.45) is 5.92 Å². The molecular formula is C32H35ClF3N7O4. The molecule has 1 aromatic carbocycles. The zero-order chi connectivity index (χ0) is 34.0. The molecule has 3 amide bonds. The lowest BCUT2D eigenvalue weighted by molar-refractivity contribution is -0.137. The van der Waals surface area contributed by atoms with E-state index in [1.54, 1.807) is 36.5 Å². The summed E-state index contributed by atoms with van der Waals surface area (Å²) in [5.74, 6) is -1.75. The smallest absolute Gasteiger partial charge is 0.416 e. The maximum absolute atomic E-state index is 14.1. The van der Waals surface area contributed by atoms with Gasteiger partial charge in [-0.05, 0) is 52.0 Å². The standard InChI is InChI=1S/C32H35ClF3N7O4/c1-18-9-20(32(34,35)36)11-25(38-18)43-26(44)10-19-12-40(28-23(33)7-6-8-24(28)39(5)29(45)27(19)43)13-21-14-42(17-37-21)22-15-41(16-22)30(46)47-31(2,3)4/h6-9,11,14,17,19,22,27H,10,12-13,15-16H2,1-5H3/t19-,27+/m1/s1. The fraction of sp³-hybridized carbons (Fsp3) is 0.469. The molecule has 0 spiro atoms. The number of aryl methyl sites for hydroxylation is 1. The lowest BCUT2D eigenvalue weighted by atomic mass is 9.95. The van der Waals surface area contributed by atoms with Crippen molar-refractivity contribution in [3.63, 3.8) is 0 Å². The quantitative estimate of drug-likeness (QED) is 0.363. The number of anilines is 3. The number of hydrogen-bond donors (Lipinski definition) is 0. The number of carbonyl (C=O) groups excluding carboxylic acids is 3. The molecule has 2 fully saturated rings. The third-order valence-corrected chi connectivity index (χ3v) is 8.87. The van der Waals surface area contributed by atoms with Crippen LogP contribution in [0.25, 0.3) is 0 Å². The van der Waals surface area contributed by atoms with Gasteiger partial charge in [0.1, 0.15) is 17.5 Å². The second-order valence-electron chi connectivity index (χ2n) is 13.3. The SMILES string of the molecule is Cc1cc(C(F)(F)F)cc(N2C(=O)C[C@@H]3CN(Cc4cn(C5CN(C(=O)OC(C)(C)C)C5)cn4)c4c(Cl)cccc4N(C)C(=O)[C@H]32)n1. The summed E-state index contributed by atoms with van der Waals surface area (Å²) < 4.78 is 48.5. The molecule has 2 saturated heterocycles. The van der Waals surface area contributed by atoms with Crippen LogP contribution in [0.1, 0.15) is 50.2 Å². The number of rotatable bonds is 4. The average molecular weight is 674 g/mol. The predicted octanol–water partition coefficient (Wildman–Crippen LogP) is 5.46. The average Bonchev–Trinajstić information content (AvgIpc) is 3.52. The Kier molecular flexibility index (Phi) is 8.13. The van der Waals surface area contributed by atoms with Crippen LogP contribution in [0.5, 0.6) is 0 Å². The minimum atomic E-state index is -4.66. The van der Waals surface area contributed by atoms with E-state index in [2.05, 4.69) is 9.97 Å². The van der Waals surface area contributed by atoms with E-state index >= 15 is 0 Å². The summed E-state index contributed by atoms with van der Waals surface area (Å²) in [5.41, 5.74) is 0.297. The van der Waals surface area contributed by atoms with E-state index in [0.717, 1.165) is 17.0 Å². The Hall–Kier alpha value is -4.33. The van der Waals surface area contributed by atoms with Crippen molar-refractivity contribution in [1.29, 1.82) is 0 Å². The number of carbonyl (C=O) groups is 3. The number of nitrogens with zero attached hydrogens (tertiary/aromatic N) is 7. The summed E-state index contributed by atoms with van der Waals surface area (Å²) in [7, 11) is 1.56. The molecule has 0 N–H and O–H groups in total. The van der Waals surface area contributed by atoms with Gasteiger partial charge in [0.05, 0.1) is 46.6 Å². The molecule has 2 aromatic heterocycles. The van der Waals surface area contributed by atoms with Crippen LogP contribution in [0.2, 0.25) is 5.02 Å². The van der Waals surface area contributed by atoms with Crippen molar-refractivity contribution in [3.8, 4) is 0 Å². The van der Waals surface area contributed by atoms with Gasteiger partial charge in [-0.2, -0.15) is 13.2 Å². The molecule has 0 unspecified atom stereocenters. The fourth-order valence-corrected chi connectivity index (χ4v) is 6.67. The fourth-order valence-electron chi connectivity index (χ4n) is 6.38. The Bertz CT molecular complexity index is 1730. The van der Waals surface area contributed by atoms with Gasteiger partial charge in [-0.15, -0.1) is 0 Å². The Morgan fingerprint density at radius 2 is 1.83 bits per heavy atom. The normalized spacial score (nSPS) is 20.5. The number of fused-ring (bicyclic) bond motifs is 2. The number of likely N-dealkylation sites (tertiary alicyclic amines) is 1. The molecular weight excluding hydrogens is 639 g/mol. The topological polar surface area (TPSA) is 104 Å². The van der Waals surface area contributed by atoms with Crippen molar-refractivity contribution in [2.75, 3.05) is 41.4 Å². The molecule has 0 bridgehead atoms. The number of amides is 3. The third kappa shape index (κ3) is 6.34. The number of aromatic nitrogens is 3. The summed E-state index contributed by atoms with van der Waals surface area (Å²) in [4.78, 5) is 54.9. The van der Waals surface area contributed by atoms with E-state index < -0.39 is 41.1 Å². The van der Waals surface area contributed by atoms with E-state index in [0.29, 0.717) is 35.2 Å². The first kappa shape index (κ1) is 32.6. The minimum Gasteiger partial charge on any atom is -0.444 e. The van der Waals surface area contributed by atoms with Gasteiger partial charge in [-0.25, -0.2) is 14.8 Å². The van der Waals surface area contributed by atoms with Crippen LogP contribution >= 0.6 is 11.6 Å². The Morgan fingerprint density at radius 1 is 1.11 bits per heavy atom. The molecule has 15 heteroatoms. The van der Waals surface area contributed by atoms with E-state index in [9.17, 15) is 27.6 Å². The van der Waals surface area contributed by atoms with Crippen LogP contribution in [-0.4, -0.2) is 75.7 Å². The Morgan fingerprint density at radius 3 is 2.51 bits per heavy atom. The highest BCUT2D eigenvalue weighted by molar-refractivity contribution is 6.34. The molecule has 3 aliphatic heterocycles. The highest BCUT2D eigenvalue weighted by Crippen LogP contribution is 2.43. The number of ether oxygens (including phenoxy) is 1. The van der Waals surface area contributed by atoms with Crippen molar-refractivity contribution in [1.82, 2.24) is 19.4 Å². The molecule has 3 aromatic rings. The zero-order valence-electron chi connectivity index (χ0n) is 26.6. The summed E-state index contributed by atoms with van der Waals surface area (Å²) >= 11 is 6.75. The van der Waals surface area contributed by atoms with Gasteiger partial charge in [0.2, 0.25) is 11.8 Å². The van der Waals surface area contributed by atoms with Gasteiger partial charge in [0.25, 0.3) is 0 Å². The van der Waals surface area contributed by atoms with Crippen LogP contribution < -0.4 is 14.7 Å². The van der Waals surface area contributed by atoms with Crippen LogP contribution in [0.4, 0.5) is 35.2 Å². The van der Waals surface area contributed by atoms with Gasteiger partial charge in [-0.3, -0.25) is 14.5 Å². The lowest BCUT2D eigenvalue weighted by Gasteiger charge is -2.40. The zero-order valence-corrected chi connectivity index (χ0v) is 27.3. The predicted molar refractivity (Wildman–Crippen MR) is 168 cm³/mol. The molecule has 5 heterocycles. The van der Waals surface area contributed by atoms with Crippen molar-refractivity contribution in [2.45, 2.75) is 64.5 Å². The number of para-hydroxylation sites is 1. The molecule has 11 nitrogen and oxygen atoms in total. The van der Waals surface area contributed by atoms with Crippen LogP contribution in [0.15, 0.2) is 42.9 Å². The first-order valence-electron chi connectivity index (χ1n) is 15.2. The molecule has 2 atom stereocenters. The number of hydrogen-bond acceptors (Lipinski definition) is 7. The second-order valence-corrected chi connectivity index (χ2v) is 13.7. The van der Waals surface area contributed by atoms with E-state index in [4.69, 9.17) is 16.3 Å². The van der Waals surface area contributed by atoms with Crippen molar-refractivity contribution in [3.05, 3.63) is 64.8 Å². The number of likely N-dealkylation sites (N-methyl/N-ethyl adjacent to an activating group) is 1. The molecule has 0 saturated carbocycles. The van der Waals surface area contributed by atoms with Gasteiger partial charge in [0, 0.05) is 50.9 Å². The molecule has 47 heavy (non-hydrogen) atoms. The second kappa shape index (κ2) is 11.7. The minimum absolute atomic E-state index is 0.0181. The monoisotopic (exact) mass is 673 g/mol. The number of benzene rings is 1. The van der Waals surface area contributed by atoms with Crippen LogP contribution in [0.3, 0.4) is 0 Å². The maximum Gasteiger partial charge on any atom is 0.416 e. The lowest BCUT2D eigenvalue weighted by Crippen LogP contribution is -2.52. The molecule has 0 radical (unpaired) electrons. The van der Waals surface area contributed by atoms with E-state index in [-0.39, 0.29) is 43.2 Å². The van der Waals surface area contributed by atoms with Gasteiger partial charge in [-0.1, -0.05) is 17.7 Å². The number of imidazole rings is 1. The van der Waals surface area contributed by atoms with Gasteiger partial charge >= 0.3 is 12.3 Å². The molecule has 250 valence electrons. The highest BCUT2D eigenvalue weighted by atomic mass is 35.5. The molecule has 3 aliphatic rings. The third-order valence-electron chi connectivity index (χ3n) is 8.57. The maximum atomic E-state index is 14.1. The summed E-state index contributed by atoms with van der Waals surface area (Å²) in [6, 6.07) is 5.81.